The summed E-state index contributed by atoms with van der Waals surface area (Å²) in [5.41, 5.74) is 0.886. The van der Waals surface area contributed by atoms with Gasteiger partial charge in [-0.3, -0.25) is 0 Å². The first-order valence-corrected chi connectivity index (χ1v) is 7.16. The molecule has 0 aromatic heterocycles. The molecule has 108 valence electrons. The first kappa shape index (κ1) is 15.8. The Balaban J connectivity index is 2.79. The summed E-state index contributed by atoms with van der Waals surface area (Å²) >= 11 is 0. The van der Waals surface area contributed by atoms with Crippen molar-refractivity contribution in [2.75, 3.05) is 7.11 Å². The molecule has 0 saturated carbocycles. The fourth-order valence-corrected chi connectivity index (χ4v) is 2.62. The third-order valence-corrected chi connectivity index (χ3v) is 3.97. The first-order valence-electron chi connectivity index (χ1n) is 7.16. The molecule has 0 fully saturated rings. The van der Waals surface area contributed by atoms with Gasteiger partial charge in [-0.2, -0.15) is 0 Å². The van der Waals surface area contributed by atoms with Crippen molar-refractivity contribution >= 4 is 0 Å². The molecule has 1 aromatic rings. The van der Waals surface area contributed by atoms with Gasteiger partial charge >= 0.3 is 0 Å². The van der Waals surface area contributed by atoms with Crippen molar-refractivity contribution in [3.05, 3.63) is 23.8 Å². The van der Waals surface area contributed by atoms with Gasteiger partial charge in [-0.1, -0.05) is 26.7 Å². The van der Waals surface area contributed by atoms with Gasteiger partial charge in [0.1, 0.15) is 11.5 Å². The van der Waals surface area contributed by atoms with E-state index in [1.807, 2.05) is 6.07 Å². The topological polar surface area (TPSA) is 41.5 Å². The van der Waals surface area contributed by atoms with E-state index in [1.165, 1.54) is 12.8 Å². The van der Waals surface area contributed by atoms with E-state index >= 15 is 0 Å². The number of phenolic OH excluding ortho intramolecular Hbond substituents is 1. The molecule has 1 rings (SSSR count). The zero-order valence-corrected chi connectivity index (χ0v) is 12.7. The second kappa shape index (κ2) is 7.39. The Morgan fingerprint density at radius 2 is 1.84 bits per heavy atom. The summed E-state index contributed by atoms with van der Waals surface area (Å²) in [5.74, 6) is 1.75. The molecule has 0 saturated heterocycles. The highest BCUT2D eigenvalue weighted by molar-refractivity contribution is 5.41. The molecule has 19 heavy (non-hydrogen) atoms. The molecule has 0 heterocycles. The average Bonchev–Trinajstić information content (AvgIpc) is 2.40. The van der Waals surface area contributed by atoms with Crippen molar-refractivity contribution in [2.45, 2.75) is 52.6 Å². The van der Waals surface area contributed by atoms with Crippen molar-refractivity contribution in [2.24, 2.45) is 5.92 Å². The maximum absolute atomic E-state index is 9.97. The van der Waals surface area contributed by atoms with Gasteiger partial charge in [0, 0.05) is 17.6 Å². The zero-order valence-electron chi connectivity index (χ0n) is 12.7. The lowest BCUT2D eigenvalue weighted by Gasteiger charge is -2.27. The number of benzene rings is 1. The summed E-state index contributed by atoms with van der Waals surface area (Å²) in [4.78, 5) is 0. The molecule has 0 aliphatic heterocycles. The van der Waals surface area contributed by atoms with E-state index in [4.69, 9.17) is 4.74 Å². The molecule has 3 heteroatoms. The van der Waals surface area contributed by atoms with Crippen molar-refractivity contribution in [1.29, 1.82) is 0 Å². The Morgan fingerprint density at radius 3 is 2.37 bits per heavy atom. The van der Waals surface area contributed by atoms with Crippen molar-refractivity contribution in [1.82, 2.24) is 5.32 Å². The van der Waals surface area contributed by atoms with E-state index in [-0.39, 0.29) is 6.04 Å². The zero-order chi connectivity index (χ0) is 14.4. The van der Waals surface area contributed by atoms with E-state index in [0.29, 0.717) is 17.7 Å². The number of methoxy groups -OCH3 is 1. The quantitative estimate of drug-likeness (QED) is 0.786. The van der Waals surface area contributed by atoms with Crippen LogP contribution in [0, 0.1) is 5.92 Å². The molecule has 3 nitrogen and oxygen atoms in total. The fraction of sp³-hybridized carbons (Fsp3) is 0.625. The van der Waals surface area contributed by atoms with Crippen LogP contribution in [0.4, 0.5) is 0 Å². The van der Waals surface area contributed by atoms with Gasteiger partial charge in [0.2, 0.25) is 0 Å². The van der Waals surface area contributed by atoms with E-state index in [9.17, 15) is 5.11 Å². The summed E-state index contributed by atoms with van der Waals surface area (Å²) in [7, 11) is 1.64. The Labute approximate surface area is 117 Å². The lowest BCUT2D eigenvalue weighted by Crippen LogP contribution is -2.35. The number of rotatable bonds is 7. The molecule has 2 N–H and O–H groups in total. The van der Waals surface area contributed by atoms with E-state index in [2.05, 4.69) is 33.0 Å². The Hall–Kier alpha value is -1.22. The van der Waals surface area contributed by atoms with Crippen LogP contribution in [0.25, 0.3) is 0 Å². The Bertz CT molecular complexity index is 388. The van der Waals surface area contributed by atoms with E-state index in [1.54, 1.807) is 19.2 Å². The number of aromatic hydroxyl groups is 1. The van der Waals surface area contributed by atoms with Gasteiger partial charge in [0.05, 0.1) is 7.11 Å². The summed E-state index contributed by atoms with van der Waals surface area (Å²) in [6, 6.07) is 5.89. The number of ether oxygens (including phenoxy) is 1. The second-order valence-electron chi connectivity index (χ2n) is 5.18. The predicted molar refractivity (Wildman–Crippen MR) is 79.7 cm³/mol. The van der Waals surface area contributed by atoms with Gasteiger partial charge in [0.15, 0.2) is 0 Å². The average molecular weight is 265 g/mol. The number of phenols is 1. The van der Waals surface area contributed by atoms with Crippen LogP contribution >= 0.6 is 0 Å². The molecular formula is C16H27NO2. The molecular weight excluding hydrogens is 238 g/mol. The maximum atomic E-state index is 9.97. The van der Waals surface area contributed by atoms with Crippen LogP contribution in [0.3, 0.4) is 0 Å². The summed E-state index contributed by atoms with van der Waals surface area (Å²) in [6.45, 7) is 8.73. The van der Waals surface area contributed by atoms with Gasteiger partial charge in [-0.15, -0.1) is 0 Å². The number of hydrogen-bond donors (Lipinski definition) is 2. The molecule has 0 radical (unpaired) electrons. The lowest BCUT2D eigenvalue weighted by molar-refractivity contribution is 0.325. The molecule has 0 amide bonds. The summed E-state index contributed by atoms with van der Waals surface area (Å²) < 4.78 is 5.22. The molecule has 0 spiro atoms. The minimum Gasteiger partial charge on any atom is -0.508 e. The van der Waals surface area contributed by atoms with Crippen LogP contribution < -0.4 is 10.1 Å². The van der Waals surface area contributed by atoms with Gasteiger partial charge in [-0.25, -0.2) is 0 Å². The molecule has 0 aliphatic rings. The van der Waals surface area contributed by atoms with Crippen LogP contribution in [0.2, 0.25) is 0 Å². The molecule has 1 aromatic carbocycles. The molecule has 0 aliphatic carbocycles. The summed E-state index contributed by atoms with van der Waals surface area (Å²) in [5, 5.41) is 13.5. The minimum absolute atomic E-state index is 0.102. The third kappa shape index (κ3) is 4.13. The van der Waals surface area contributed by atoms with Crippen LogP contribution in [0.5, 0.6) is 11.5 Å². The van der Waals surface area contributed by atoms with Crippen molar-refractivity contribution in [3.8, 4) is 11.5 Å². The van der Waals surface area contributed by atoms with Crippen LogP contribution in [-0.2, 0) is 0 Å². The highest BCUT2D eigenvalue weighted by Crippen LogP contribution is 2.29. The van der Waals surface area contributed by atoms with E-state index in [0.717, 1.165) is 11.3 Å². The molecule has 2 atom stereocenters. The highest BCUT2D eigenvalue weighted by atomic mass is 16.5. The minimum atomic E-state index is 0.102. The van der Waals surface area contributed by atoms with E-state index < -0.39 is 0 Å². The third-order valence-electron chi connectivity index (χ3n) is 3.97. The van der Waals surface area contributed by atoms with Crippen LogP contribution in [0.15, 0.2) is 18.2 Å². The largest absolute Gasteiger partial charge is 0.508 e. The molecule has 2 unspecified atom stereocenters. The van der Waals surface area contributed by atoms with Crippen molar-refractivity contribution < 1.29 is 9.84 Å². The second-order valence-corrected chi connectivity index (χ2v) is 5.18. The highest BCUT2D eigenvalue weighted by Gasteiger charge is 2.18. The summed E-state index contributed by atoms with van der Waals surface area (Å²) in [6.07, 6.45) is 2.34. The van der Waals surface area contributed by atoms with Crippen LogP contribution in [-0.4, -0.2) is 18.3 Å². The van der Waals surface area contributed by atoms with Gasteiger partial charge < -0.3 is 15.2 Å². The van der Waals surface area contributed by atoms with Gasteiger partial charge in [0.25, 0.3) is 0 Å². The Kier molecular flexibility index (Phi) is 6.16. The Morgan fingerprint density at radius 1 is 1.21 bits per heavy atom. The standard InChI is InChI=1S/C16H27NO2/c1-6-13(7-2)11(3)17-12(4)15-10-14(19-5)8-9-16(15)18/h8-13,17-18H,6-7H2,1-5H3. The molecule has 0 bridgehead atoms. The van der Waals surface area contributed by atoms with Crippen molar-refractivity contribution in [3.63, 3.8) is 0 Å². The maximum Gasteiger partial charge on any atom is 0.120 e. The van der Waals surface area contributed by atoms with Crippen LogP contribution in [0.1, 0.15) is 52.1 Å². The lowest BCUT2D eigenvalue weighted by atomic mass is 9.94. The first-order chi connectivity index (χ1) is 9.03. The SMILES string of the molecule is CCC(CC)C(C)NC(C)c1cc(OC)ccc1O. The fourth-order valence-electron chi connectivity index (χ4n) is 2.62. The normalized spacial score (nSPS) is 14.4. The number of nitrogens with one attached hydrogen (secondary N) is 1. The predicted octanol–water partition coefficient (Wildman–Crippen LogP) is 3.88. The monoisotopic (exact) mass is 265 g/mol. The smallest absolute Gasteiger partial charge is 0.120 e. The number of hydrogen-bond acceptors (Lipinski definition) is 3. The van der Waals surface area contributed by atoms with Gasteiger partial charge in [-0.05, 0) is 38.0 Å².